The summed E-state index contributed by atoms with van der Waals surface area (Å²) in [4.78, 5) is 32.5. The molecule has 3 aliphatic rings. The maximum absolute atomic E-state index is 13.3. The van der Waals surface area contributed by atoms with E-state index in [0.717, 1.165) is 23.4 Å². The highest BCUT2D eigenvalue weighted by Crippen LogP contribution is 2.60. The molecule has 1 amide bonds. The molecule has 2 aliphatic heterocycles. The first-order chi connectivity index (χ1) is 15.0. The molecule has 1 saturated carbocycles. The zero-order valence-electron chi connectivity index (χ0n) is 17.0. The van der Waals surface area contributed by atoms with Crippen molar-refractivity contribution in [3.8, 4) is 11.4 Å². The van der Waals surface area contributed by atoms with Crippen LogP contribution in [-0.4, -0.2) is 44.6 Å². The lowest BCUT2D eigenvalue weighted by atomic mass is 9.90. The smallest absolute Gasteiger partial charge is 0.275 e. The van der Waals surface area contributed by atoms with Crippen molar-refractivity contribution < 1.29 is 9.53 Å². The summed E-state index contributed by atoms with van der Waals surface area (Å²) in [6.07, 6.45) is 4.41. The van der Waals surface area contributed by atoms with Gasteiger partial charge in [0.1, 0.15) is 17.1 Å². The molecule has 0 unspecified atom stereocenters. The van der Waals surface area contributed by atoms with E-state index in [9.17, 15) is 9.59 Å². The van der Waals surface area contributed by atoms with Gasteiger partial charge in [-0.25, -0.2) is 4.98 Å². The molecule has 3 aromatic rings. The number of carbonyl (C=O) groups excluding carboxylic acids is 1. The Hall–Kier alpha value is -3.06. The number of fused-ring (bicyclic) bond motifs is 4. The van der Waals surface area contributed by atoms with Gasteiger partial charge in [-0.1, -0.05) is 11.6 Å². The van der Waals surface area contributed by atoms with Gasteiger partial charge in [0, 0.05) is 47.8 Å². The van der Waals surface area contributed by atoms with E-state index in [4.69, 9.17) is 16.3 Å². The Bertz CT molecular complexity index is 1300. The average molecular weight is 437 g/mol. The normalized spacial score (nSPS) is 23.6. The van der Waals surface area contributed by atoms with Crippen LogP contribution in [0, 0.1) is 12.8 Å². The Morgan fingerprint density at radius 3 is 2.90 bits per heavy atom. The molecular weight excluding hydrogens is 416 g/mol. The minimum atomic E-state index is -0.173. The van der Waals surface area contributed by atoms with E-state index in [1.807, 2.05) is 30.0 Å². The Morgan fingerprint density at radius 2 is 2.10 bits per heavy atom. The number of hydrogen-bond acceptors (Lipinski definition) is 4. The van der Waals surface area contributed by atoms with Crippen molar-refractivity contribution in [3.05, 3.63) is 75.2 Å². The molecule has 2 atom stereocenters. The minimum Gasteiger partial charge on any atom is -0.493 e. The lowest BCUT2D eigenvalue weighted by molar-refractivity contribution is 0.0670. The van der Waals surface area contributed by atoms with Crippen LogP contribution in [0.1, 0.15) is 28.2 Å². The van der Waals surface area contributed by atoms with Gasteiger partial charge in [-0.15, -0.1) is 0 Å². The first-order valence-corrected chi connectivity index (χ1v) is 10.8. The van der Waals surface area contributed by atoms with Crippen LogP contribution in [0.2, 0.25) is 5.02 Å². The van der Waals surface area contributed by atoms with Crippen molar-refractivity contribution in [2.75, 3.05) is 19.7 Å². The highest BCUT2D eigenvalue weighted by molar-refractivity contribution is 6.30. The van der Waals surface area contributed by atoms with E-state index in [1.54, 1.807) is 33.8 Å². The molecule has 0 spiro atoms. The summed E-state index contributed by atoms with van der Waals surface area (Å²) in [6.45, 7) is 4.13. The van der Waals surface area contributed by atoms with E-state index >= 15 is 0 Å². The number of nitrogens with zero attached hydrogens (tertiary/aromatic N) is 4. The van der Waals surface area contributed by atoms with Gasteiger partial charge in [0.05, 0.1) is 18.6 Å². The average Bonchev–Trinajstić information content (AvgIpc) is 3.33. The summed E-state index contributed by atoms with van der Waals surface area (Å²) in [5.74, 6) is 1.15. The van der Waals surface area contributed by atoms with Gasteiger partial charge in [0.15, 0.2) is 0 Å². The number of imidazole rings is 1. The number of rotatable bonds is 3. The summed E-state index contributed by atoms with van der Waals surface area (Å²) >= 11 is 6.26. The predicted octanol–water partition coefficient (Wildman–Crippen LogP) is 2.80. The molecule has 158 valence electrons. The molecule has 7 nitrogen and oxygen atoms in total. The topological polar surface area (TPSA) is 69.4 Å². The van der Waals surface area contributed by atoms with Gasteiger partial charge in [-0.05, 0) is 43.7 Å². The Morgan fingerprint density at radius 1 is 1.23 bits per heavy atom. The Kier molecular flexibility index (Phi) is 3.90. The highest BCUT2D eigenvalue weighted by atomic mass is 35.5. The number of carbonyl (C=O) groups is 1. The van der Waals surface area contributed by atoms with E-state index < -0.39 is 0 Å². The zero-order valence-corrected chi connectivity index (χ0v) is 17.8. The van der Waals surface area contributed by atoms with Crippen LogP contribution >= 0.6 is 11.6 Å². The molecule has 1 aromatic carbocycles. The molecule has 31 heavy (non-hydrogen) atoms. The number of hydrogen-bond donors (Lipinski definition) is 0. The molecule has 0 radical (unpaired) electrons. The van der Waals surface area contributed by atoms with Crippen molar-refractivity contribution >= 4 is 17.5 Å². The van der Waals surface area contributed by atoms with Crippen LogP contribution in [0.25, 0.3) is 5.69 Å². The van der Waals surface area contributed by atoms with Crippen LogP contribution in [0.15, 0.2) is 47.7 Å². The molecular formula is C23H21ClN4O3. The summed E-state index contributed by atoms with van der Waals surface area (Å²) < 4.78 is 9.18. The summed E-state index contributed by atoms with van der Waals surface area (Å²) in [5, 5.41) is 0.679. The lowest BCUT2D eigenvalue weighted by Gasteiger charge is -2.35. The molecule has 4 heterocycles. The molecule has 1 aliphatic carbocycles. The number of aromatic nitrogens is 3. The zero-order chi connectivity index (χ0) is 21.3. The fraction of sp³-hybridized carbons (Fsp3) is 0.348. The summed E-state index contributed by atoms with van der Waals surface area (Å²) in [6, 6.07) is 9.18. The van der Waals surface area contributed by atoms with Crippen molar-refractivity contribution in [2.45, 2.75) is 25.3 Å². The minimum absolute atomic E-state index is 0.105. The molecule has 0 saturated heterocycles. The molecule has 0 bridgehead atoms. The monoisotopic (exact) mass is 436 g/mol. The van der Waals surface area contributed by atoms with Crippen LogP contribution in [0.3, 0.4) is 0 Å². The van der Waals surface area contributed by atoms with Gasteiger partial charge in [0.25, 0.3) is 11.5 Å². The first kappa shape index (κ1) is 18.7. The predicted molar refractivity (Wildman–Crippen MR) is 115 cm³/mol. The standard InChI is InChI=1S/C23H21ClN4O3/c1-14-10-27(13-25-14)18-3-4-19-21(29)26(6-7-28(19)22(18)30)12-23-9-15(23)11-31-20-5-2-16(24)8-17(20)23/h2-5,8,10,13,15H,6-7,9,11-12H2,1H3/t15-,23+/m1/s1. The fourth-order valence-corrected chi connectivity index (χ4v) is 5.29. The van der Waals surface area contributed by atoms with E-state index in [2.05, 4.69) is 4.98 Å². The molecule has 8 heteroatoms. The SMILES string of the molecule is Cc1cn(-c2ccc3n(c2=O)CCN(C[C@@]24C[C@@H]2COc2ccc(Cl)cc24)C3=O)cn1. The van der Waals surface area contributed by atoms with E-state index in [0.29, 0.717) is 48.6 Å². The molecule has 1 fully saturated rings. The maximum Gasteiger partial charge on any atom is 0.275 e. The lowest BCUT2D eigenvalue weighted by Crippen LogP contribution is -2.48. The van der Waals surface area contributed by atoms with Gasteiger partial charge in [0.2, 0.25) is 0 Å². The quantitative estimate of drug-likeness (QED) is 0.633. The maximum atomic E-state index is 13.3. The van der Waals surface area contributed by atoms with Crippen LogP contribution in [0.4, 0.5) is 0 Å². The van der Waals surface area contributed by atoms with E-state index in [1.165, 1.54) is 0 Å². The summed E-state index contributed by atoms with van der Waals surface area (Å²) in [5.41, 5.74) is 2.58. The molecule has 6 rings (SSSR count). The number of pyridine rings is 1. The van der Waals surface area contributed by atoms with Crippen LogP contribution in [0.5, 0.6) is 5.75 Å². The molecule has 0 N–H and O–H groups in total. The second kappa shape index (κ2) is 6.47. The number of aryl methyl sites for hydroxylation is 1. The number of benzene rings is 1. The van der Waals surface area contributed by atoms with Gasteiger partial charge in [-0.3, -0.25) is 9.59 Å². The Balaban J connectivity index is 1.32. The van der Waals surface area contributed by atoms with Crippen molar-refractivity contribution in [2.24, 2.45) is 5.92 Å². The highest BCUT2D eigenvalue weighted by Gasteiger charge is 2.60. The number of amides is 1. The second-order valence-electron chi connectivity index (χ2n) is 8.72. The van der Waals surface area contributed by atoms with Crippen molar-refractivity contribution in [3.63, 3.8) is 0 Å². The third kappa shape index (κ3) is 2.76. The fourth-order valence-electron chi connectivity index (χ4n) is 5.12. The van der Waals surface area contributed by atoms with Gasteiger partial charge in [-0.2, -0.15) is 0 Å². The van der Waals surface area contributed by atoms with Crippen LogP contribution < -0.4 is 10.3 Å². The van der Waals surface area contributed by atoms with E-state index in [-0.39, 0.29) is 16.9 Å². The van der Waals surface area contributed by atoms with Crippen molar-refractivity contribution in [1.29, 1.82) is 0 Å². The third-order valence-electron chi connectivity index (χ3n) is 6.87. The molecule has 2 aromatic heterocycles. The Labute approximate surface area is 183 Å². The first-order valence-electron chi connectivity index (χ1n) is 10.4. The van der Waals surface area contributed by atoms with Gasteiger partial charge < -0.3 is 18.8 Å². The second-order valence-corrected chi connectivity index (χ2v) is 9.15. The summed E-state index contributed by atoms with van der Waals surface area (Å²) in [7, 11) is 0. The third-order valence-corrected chi connectivity index (χ3v) is 7.10. The van der Waals surface area contributed by atoms with Crippen molar-refractivity contribution in [1.82, 2.24) is 19.0 Å². The van der Waals surface area contributed by atoms with Gasteiger partial charge >= 0.3 is 0 Å². The largest absolute Gasteiger partial charge is 0.493 e. The van der Waals surface area contributed by atoms with Crippen LogP contribution in [-0.2, 0) is 12.0 Å². The number of ether oxygens (including phenoxy) is 1. The number of halogens is 1.